The van der Waals surface area contributed by atoms with Gasteiger partial charge in [-0.15, -0.1) is 0 Å². The average molecular weight is 207 g/mol. The van der Waals surface area contributed by atoms with Gasteiger partial charge < -0.3 is 9.88 Å². The second-order valence-corrected chi connectivity index (χ2v) is 4.43. The van der Waals surface area contributed by atoms with Crippen LogP contribution in [0.15, 0.2) is 12.4 Å². The van der Waals surface area contributed by atoms with E-state index < -0.39 is 0 Å². The van der Waals surface area contributed by atoms with Crippen LogP contribution in [-0.4, -0.2) is 16.1 Å². The molecule has 0 bridgehead atoms. The van der Waals surface area contributed by atoms with E-state index in [4.69, 9.17) is 0 Å². The first-order valence-corrected chi connectivity index (χ1v) is 6.11. The quantitative estimate of drug-likeness (QED) is 0.777. The highest BCUT2D eigenvalue weighted by atomic mass is 15.2. The zero-order chi connectivity index (χ0) is 10.7. The average Bonchev–Trinajstić information content (AvgIpc) is 2.95. The Bertz CT molecular complexity index is 302. The van der Waals surface area contributed by atoms with Gasteiger partial charge in [-0.2, -0.15) is 0 Å². The molecule has 2 rings (SSSR count). The maximum atomic E-state index is 4.35. The standard InChI is InChI=1S/C12H21N3/c1-3-11(9-10-5-6-10)15-8-7-14-12(15)13-4-2/h7-8,10-11H,3-6,9H2,1-2H3,(H,13,14). The Morgan fingerprint density at radius 3 is 2.93 bits per heavy atom. The van der Waals surface area contributed by atoms with Gasteiger partial charge in [0.15, 0.2) is 0 Å². The minimum Gasteiger partial charge on any atom is -0.356 e. The van der Waals surface area contributed by atoms with E-state index in [1.807, 2.05) is 6.20 Å². The van der Waals surface area contributed by atoms with E-state index in [9.17, 15) is 0 Å². The van der Waals surface area contributed by atoms with Crippen molar-refractivity contribution in [2.75, 3.05) is 11.9 Å². The molecular formula is C12H21N3. The number of nitrogens with one attached hydrogen (secondary N) is 1. The Hall–Kier alpha value is -0.990. The number of aromatic nitrogens is 2. The topological polar surface area (TPSA) is 29.9 Å². The molecule has 1 atom stereocenters. The normalized spacial score (nSPS) is 17.7. The van der Waals surface area contributed by atoms with Gasteiger partial charge in [0.1, 0.15) is 0 Å². The summed E-state index contributed by atoms with van der Waals surface area (Å²) in [6.07, 6.45) is 9.39. The molecule has 1 saturated carbocycles. The smallest absolute Gasteiger partial charge is 0.203 e. The second-order valence-electron chi connectivity index (χ2n) is 4.43. The number of hydrogen-bond acceptors (Lipinski definition) is 2. The lowest BCUT2D eigenvalue weighted by Gasteiger charge is -2.19. The van der Waals surface area contributed by atoms with E-state index in [2.05, 4.69) is 34.9 Å². The summed E-state index contributed by atoms with van der Waals surface area (Å²) in [7, 11) is 0. The molecule has 0 aliphatic heterocycles. The third kappa shape index (κ3) is 2.52. The number of rotatable bonds is 6. The molecule has 0 radical (unpaired) electrons. The fourth-order valence-corrected chi connectivity index (χ4v) is 2.12. The molecule has 0 aromatic carbocycles. The van der Waals surface area contributed by atoms with Gasteiger partial charge in [0.25, 0.3) is 0 Å². The summed E-state index contributed by atoms with van der Waals surface area (Å²) in [6, 6.07) is 0.633. The SMILES string of the molecule is CCNc1nccn1C(CC)CC1CC1. The highest BCUT2D eigenvalue weighted by Gasteiger charge is 2.26. The van der Waals surface area contributed by atoms with Crippen molar-refractivity contribution in [1.82, 2.24) is 9.55 Å². The van der Waals surface area contributed by atoms with E-state index in [1.54, 1.807) is 0 Å². The van der Waals surface area contributed by atoms with E-state index in [1.165, 1.54) is 25.7 Å². The summed E-state index contributed by atoms with van der Waals surface area (Å²) in [6.45, 7) is 5.32. The van der Waals surface area contributed by atoms with Crippen LogP contribution in [0.4, 0.5) is 5.95 Å². The van der Waals surface area contributed by atoms with Gasteiger partial charge in [-0.25, -0.2) is 4.98 Å². The summed E-state index contributed by atoms with van der Waals surface area (Å²) in [5.74, 6) is 2.01. The van der Waals surface area contributed by atoms with Gasteiger partial charge in [0.05, 0.1) is 0 Å². The van der Waals surface area contributed by atoms with Crippen LogP contribution in [0, 0.1) is 5.92 Å². The maximum Gasteiger partial charge on any atom is 0.203 e. The van der Waals surface area contributed by atoms with Crippen molar-refractivity contribution in [3.63, 3.8) is 0 Å². The number of imidazole rings is 1. The molecule has 3 heteroatoms. The molecule has 1 aromatic rings. The van der Waals surface area contributed by atoms with Crippen molar-refractivity contribution in [2.45, 2.75) is 45.6 Å². The molecule has 0 amide bonds. The van der Waals surface area contributed by atoms with Crippen LogP contribution in [0.25, 0.3) is 0 Å². The zero-order valence-electron chi connectivity index (χ0n) is 9.74. The van der Waals surface area contributed by atoms with Crippen LogP contribution in [-0.2, 0) is 0 Å². The van der Waals surface area contributed by atoms with Crippen molar-refractivity contribution in [3.8, 4) is 0 Å². The fourth-order valence-electron chi connectivity index (χ4n) is 2.12. The number of anilines is 1. The largest absolute Gasteiger partial charge is 0.356 e. The molecule has 1 aromatic heterocycles. The molecule has 1 heterocycles. The van der Waals surface area contributed by atoms with Crippen molar-refractivity contribution in [1.29, 1.82) is 0 Å². The predicted molar refractivity (Wildman–Crippen MR) is 63.1 cm³/mol. The molecule has 1 N–H and O–H groups in total. The van der Waals surface area contributed by atoms with Crippen LogP contribution < -0.4 is 5.32 Å². The maximum absolute atomic E-state index is 4.35. The summed E-state index contributed by atoms with van der Waals surface area (Å²) in [5, 5.41) is 3.32. The molecule has 1 aliphatic carbocycles. The summed E-state index contributed by atoms with van der Waals surface area (Å²) >= 11 is 0. The first-order valence-electron chi connectivity index (χ1n) is 6.11. The first kappa shape index (κ1) is 10.5. The minimum absolute atomic E-state index is 0.633. The molecule has 1 fully saturated rings. The van der Waals surface area contributed by atoms with E-state index in [-0.39, 0.29) is 0 Å². The Labute approximate surface area is 91.9 Å². The lowest BCUT2D eigenvalue weighted by Crippen LogP contribution is -2.12. The summed E-state index contributed by atoms with van der Waals surface area (Å²) < 4.78 is 2.31. The van der Waals surface area contributed by atoms with Crippen molar-refractivity contribution < 1.29 is 0 Å². The molecule has 84 valence electrons. The zero-order valence-corrected chi connectivity index (χ0v) is 9.74. The molecule has 1 aliphatic rings. The van der Waals surface area contributed by atoms with Crippen LogP contribution in [0.3, 0.4) is 0 Å². The van der Waals surface area contributed by atoms with Gasteiger partial charge in [0, 0.05) is 25.0 Å². The van der Waals surface area contributed by atoms with Crippen LogP contribution in [0.2, 0.25) is 0 Å². The van der Waals surface area contributed by atoms with Gasteiger partial charge in [-0.1, -0.05) is 19.8 Å². The van der Waals surface area contributed by atoms with Crippen LogP contribution >= 0.6 is 0 Å². The second kappa shape index (κ2) is 4.69. The highest BCUT2D eigenvalue weighted by Crippen LogP contribution is 2.38. The number of hydrogen-bond donors (Lipinski definition) is 1. The van der Waals surface area contributed by atoms with Gasteiger partial charge in [-0.3, -0.25) is 0 Å². The Kier molecular flexibility index (Phi) is 3.29. The minimum atomic E-state index is 0.633. The first-order chi connectivity index (χ1) is 7.35. The Morgan fingerprint density at radius 1 is 1.53 bits per heavy atom. The number of nitrogens with zero attached hydrogens (tertiary/aromatic N) is 2. The summed E-state index contributed by atoms with van der Waals surface area (Å²) in [4.78, 5) is 4.35. The van der Waals surface area contributed by atoms with Gasteiger partial charge in [-0.05, 0) is 25.7 Å². The van der Waals surface area contributed by atoms with Crippen molar-refractivity contribution in [3.05, 3.63) is 12.4 Å². The Balaban J connectivity index is 2.05. The fraction of sp³-hybridized carbons (Fsp3) is 0.750. The lowest BCUT2D eigenvalue weighted by molar-refractivity contribution is 0.432. The van der Waals surface area contributed by atoms with E-state index in [0.29, 0.717) is 6.04 Å². The molecule has 0 spiro atoms. The van der Waals surface area contributed by atoms with Gasteiger partial charge in [0.2, 0.25) is 5.95 Å². The Morgan fingerprint density at radius 2 is 2.33 bits per heavy atom. The molecule has 15 heavy (non-hydrogen) atoms. The van der Waals surface area contributed by atoms with E-state index in [0.717, 1.165) is 18.4 Å². The van der Waals surface area contributed by atoms with Gasteiger partial charge >= 0.3 is 0 Å². The van der Waals surface area contributed by atoms with Crippen LogP contribution in [0.1, 0.15) is 45.6 Å². The third-order valence-electron chi connectivity index (χ3n) is 3.17. The monoisotopic (exact) mass is 207 g/mol. The van der Waals surface area contributed by atoms with Crippen molar-refractivity contribution >= 4 is 5.95 Å². The molecule has 3 nitrogen and oxygen atoms in total. The molecule has 0 saturated heterocycles. The molecule has 1 unspecified atom stereocenters. The van der Waals surface area contributed by atoms with E-state index >= 15 is 0 Å². The van der Waals surface area contributed by atoms with Crippen molar-refractivity contribution in [2.24, 2.45) is 5.92 Å². The summed E-state index contributed by atoms with van der Waals surface area (Å²) in [5.41, 5.74) is 0. The third-order valence-corrected chi connectivity index (χ3v) is 3.17. The lowest BCUT2D eigenvalue weighted by atomic mass is 10.1. The van der Waals surface area contributed by atoms with Crippen LogP contribution in [0.5, 0.6) is 0 Å². The predicted octanol–water partition coefficient (Wildman–Crippen LogP) is 3.07. The molecular weight excluding hydrogens is 186 g/mol. The highest BCUT2D eigenvalue weighted by molar-refractivity contribution is 5.26.